The van der Waals surface area contributed by atoms with Gasteiger partial charge in [0.05, 0.1) is 6.61 Å². The molecule has 0 saturated carbocycles. The fourth-order valence-electron chi connectivity index (χ4n) is 5.22. The summed E-state index contributed by atoms with van der Waals surface area (Å²) in [5, 5.41) is 9.68. The SMILES string of the molecule is CC(C)N1CC2(CCN(C(=O)COCC3=CCCC=C3)CC2)C1c1ccc(O)cc1. The van der Waals surface area contributed by atoms with E-state index in [4.69, 9.17) is 4.74 Å². The third-order valence-electron chi connectivity index (χ3n) is 6.96. The molecule has 1 spiro atoms. The summed E-state index contributed by atoms with van der Waals surface area (Å²) in [6.07, 6.45) is 10.6. The Morgan fingerprint density at radius 2 is 1.93 bits per heavy atom. The first-order valence-electron chi connectivity index (χ1n) is 11.2. The van der Waals surface area contributed by atoms with E-state index in [9.17, 15) is 9.90 Å². The van der Waals surface area contributed by atoms with Gasteiger partial charge in [0.1, 0.15) is 12.4 Å². The summed E-state index contributed by atoms with van der Waals surface area (Å²) in [6, 6.07) is 8.51. The van der Waals surface area contributed by atoms with Crippen molar-refractivity contribution < 1.29 is 14.6 Å². The molecule has 1 N–H and O–H groups in total. The van der Waals surface area contributed by atoms with Crippen LogP contribution in [0.15, 0.2) is 48.1 Å². The first-order chi connectivity index (χ1) is 14.5. The lowest BCUT2D eigenvalue weighted by Crippen LogP contribution is -2.64. The highest BCUT2D eigenvalue weighted by Crippen LogP contribution is 2.55. The summed E-state index contributed by atoms with van der Waals surface area (Å²) in [5.74, 6) is 0.412. The average Bonchev–Trinajstić information content (AvgIpc) is 2.74. The van der Waals surface area contributed by atoms with Gasteiger partial charge in [-0.25, -0.2) is 0 Å². The molecule has 2 saturated heterocycles. The normalized spacial score (nSPS) is 23.5. The Balaban J connectivity index is 1.33. The monoisotopic (exact) mass is 410 g/mol. The number of piperidine rings is 1. The van der Waals surface area contributed by atoms with Crippen molar-refractivity contribution in [2.75, 3.05) is 32.8 Å². The van der Waals surface area contributed by atoms with Crippen LogP contribution in [0.1, 0.15) is 51.1 Å². The van der Waals surface area contributed by atoms with Crippen LogP contribution in [0.2, 0.25) is 0 Å². The molecular weight excluding hydrogens is 376 g/mol. The molecule has 0 bridgehead atoms. The maximum Gasteiger partial charge on any atom is 0.248 e. The second-order valence-electron chi connectivity index (χ2n) is 9.25. The van der Waals surface area contributed by atoms with Gasteiger partial charge in [0.25, 0.3) is 0 Å². The Morgan fingerprint density at radius 1 is 1.20 bits per heavy atom. The van der Waals surface area contributed by atoms with Crippen molar-refractivity contribution in [1.82, 2.24) is 9.80 Å². The smallest absolute Gasteiger partial charge is 0.248 e. The number of hydrogen-bond donors (Lipinski definition) is 1. The molecule has 2 heterocycles. The highest BCUT2D eigenvalue weighted by Gasteiger charge is 2.54. The van der Waals surface area contributed by atoms with Crippen molar-refractivity contribution in [3.05, 3.63) is 53.6 Å². The number of hydrogen-bond acceptors (Lipinski definition) is 4. The molecule has 0 aromatic heterocycles. The minimum atomic E-state index is 0.103. The predicted octanol–water partition coefficient (Wildman–Crippen LogP) is 4.06. The Kier molecular flexibility index (Phi) is 6.30. The highest BCUT2D eigenvalue weighted by atomic mass is 16.5. The van der Waals surface area contributed by atoms with Crippen LogP contribution in [0.4, 0.5) is 0 Å². The number of ether oxygens (including phenoxy) is 1. The van der Waals surface area contributed by atoms with Gasteiger partial charge in [-0.1, -0.05) is 30.4 Å². The summed E-state index contributed by atoms with van der Waals surface area (Å²) >= 11 is 0. The molecular formula is C25H34N2O3. The number of allylic oxidation sites excluding steroid dienone is 2. The van der Waals surface area contributed by atoms with Gasteiger partial charge in [-0.15, -0.1) is 0 Å². The molecule has 1 unspecified atom stereocenters. The molecule has 2 fully saturated rings. The van der Waals surface area contributed by atoms with Gasteiger partial charge in [0.15, 0.2) is 0 Å². The van der Waals surface area contributed by atoms with E-state index in [1.165, 1.54) is 11.1 Å². The van der Waals surface area contributed by atoms with E-state index >= 15 is 0 Å². The lowest BCUT2D eigenvalue weighted by Gasteiger charge is -2.62. The summed E-state index contributed by atoms with van der Waals surface area (Å²) in [7, 11) is 0. The number of likely N-dealkylation sites (tertiary alicyclic amines) is 2. The predicted molar refractivity (Wildman–Crippen MR) is 118 cm³/mol. The largest absolute Gasteiger partial charge is 0.508 e. The Hall–Kier alpha value is -2.11. The van der Waals surface area contributed by atoms with E-state index in [0.717, 1.165) is 45.3 Å². The highest BCUT2D eigenvalue weighted by molar-refractivity contribution is 5.77. The first kappa shape index (κ1) is 21.1. The molecule has 1 atom stereocenters. The summed E-state index contributed by atoms with van der Waals surface area (Å²) in [6.45, 7) is 7.84. The summed E-state index contributed by atoms with van der Waals surface area (Å²) < 4.78 is 5.69. The molecule has 5 heteroatoms. The zero-order valence-corrected chi connectivity index (χ0v) is 18.2. The van der Waals surface area contributed by atoms with Crippen LogP contribution in [0.3, 0.4) is 0 Å². The molecule has 3 aliphatic rings. The van der Waals surface area contributed by atoms with Crippen molar-refractivity contribution in [2.24, 2.45) is 5.41 Å². The minimum absolute atomic E-state index is 0.103. The quantitative estimate of drug-likeness (QED) is 0.768. The van der Waals surface area contributed by atoms with Gasteiger partial charge in [0, 0.05) is 37.1 Å². The number of phenols is 1. The molecule has 1 aromatic carbocycles. The maximum absolute atomic E-state index is 12.6. The van der Waals surface area contributed by atoms with Crippen LogP contribution in [0, 0.1) is 5.41 Å². The van der Waals surface area contributed by atoms with Gasteiger partial charge in [0.2, 0.25) is 5.91 Å². The van der Waals surface area contributed by atoms with Crippen LogP contribution in [-0.2, 0) is 9.53 Å². The average molecular weight is 411 g/mol. The second kappa shape index (κ2) is 8.94. The van der Waals surface area contributed by atoms with Crippen LogP contribution in [0.5, 0.6) is 5.75 Å². The topological polar surface area (TPSA) is 53.0 Å². The second-order valence-corrected chi connectivity index (χ2v) is 9.25. The molecule has 30 heavy (non-hydrogen) atoms. The number of aromatic hydroxyl groups is 1. The number of phenolic OH excluding ortho intramolecular Hbond substituents is 1. The van der Waals surface area contributed by atoms with E-state index in [1.54, 1.807) is 12.1 Å². The molecule has 2 aliphatic heterocycles. The van der Waals surface area contributed by atoms with E-state index in [0.29, 0.717) is 24.4 Å². The Labute approximate surface area is 180 Å². The zero-order valence-electron chi connectivity index (χ0n) is 18.2. The van der Waals surface area contributed by atoms with E-state index in [-0.39, 0.29) is 17.9 Å². The molecule has 0 radical (unpaired) electrons. The van der Waals surface area contributed by atoms with Gasteiger partial charge in [-0.05, 0) is 62.8 Å². The van der Waals surface area contributed by atoms with Crippen LogP contribution in [-0.4, -0.2) is 59.7 Å². The molecule has 162 valence electrons. The van der Waals surface area contributed by atoms with Crippen molar-refractivity contribution in [3.8, 4) is 5.75 Å². The minimum Gasteiger partial charge on any atom is -0.508 e. The number of nitrogens with zero attached hydrogens (tertiary/aromatic N) is 2. The summed E-state index contributed by atoms with van der Waals surface area (Å²) in [4.78, 5) is 17.2. The van der Waals surface area contributed by atoms with Gasteiger partial charge in [-0.2, -0.15) is 0 Å². The molecule has 1 amide bonds. The van der Waals surface area contributed by atoms with E-state index < -0.39 is 0 Å². The summed E-state index contributed by atoms with van der Waals surface area (Å²) in [5.41, 5.74) is 2.66. The van der Waals surface area contributed by atoms with Crippen molar-refractivity contribution in [2.45, 2.75) is 51.6 Å². The number of rotatable bonds is 6. The van der Waals surface area contributed by atoms with Crippen molar-refractivity contribution in [3.63, 3.8) is 0 Å². The molecule has 4 rings (SSSR count). The van der Waals surface area contributed by atoms with Gasteiger partial charge >= 0.3 is 0 Å². The fourth-order valence-corrected chi connectivity index (χ4v) is 5.22. The lowest BCUT2D eigenvalue weighted by molar-refractivity contribution is -0.151. The van der Waals surface area contributed by atoms with Crippen LogP contribution < -0.4 is 0 Å². The number of amides is 1. The first-order valence-corrected chi connectivity index (χ1v) is 11.2. The molecule has 5 nitrogen and oxygen atoms in total. The molecule has 1 aliphatic carbocycles. The Bertz CT molecular complexity index is 804. The number of benzene rings is 1. The lowest BCUT2D eigenvalue weighted by atomic mass is 9.62. The maximum atomic E-state index is 12.6. The van der Waals surface area contributed by atoms with Crippen molar-refractivity contribution in [1.29, 1.82) is 0 Å². The third kappa shape index (κ3) is 4.33. The number of carbonyl (C=O) groups excluding carboxylic acids is 1. The van der Waals surface area contributed by atoms with Crippen LogP contribution in [0.25, 0.3) is 0 Å². The third-order valence-corrected chi connectivity index (χ3v) is 6.96. The van der Waals surface area contributed by atoms with E-state index in [1.807, 2.05) is 4.90 Å². The Morgan fingerprint density at radius 3 is 2.57 bits per heavy atom. The van der Waals surface area contributed by atoms with Gasteiger partial charge in [-0.3, -0.25) is 9.69 Å². The number of carbonyl (C=O) groups is 1. The van der Waals surface area contributed by atoms with E-state index in [2.05, 4.69) is 49.1 Å². The zero-order chi connectivity index (χ0) is 21.1. The van der Waals surface area contributed by atoms with Gasteiger partial charge < -0.3 is 14.7 Å². The van der Waals surface area contributed by atoms with Crippen molar-refractivity contribution >= 4 is 5.91 Å². The standard InChI is InChI=1S/C25H34N2O3/c1-19(2)27-18-25(24(27)21-8-10-22(28)11-9-21)12-14-26(15-13-25)23(29)17-30-16-20-6-4-3-5-7-20/h4,6-11,19,24,28H,3,5,12-18H2,1-2H3. The molecule has 1 aromatic rings. The van der Waals surface area contributed by atoms with Crippen LogP contribution >= 0.6 is 0 Å². The fraction of sp³-hybridized carbons (Fsp3) is 0.560.